The third kappa shape index (κ3) is 6.03. The Kier molecular flexibility index (Phi) is 7.97. The fourth-order valence-electron chi connectivity index (χ4n) is 2.91. The predicted molar refractivity (Wildman–Crippen MR) is 119 cm³/mol. The minimum atomic E-state index is -3.79. The Labute approximate surface area is 183 Å². The van der Waals surface area contributed by atoms with Crippen molar-refractivity contribution in [2.75, 3.05) is 30.8 Å². The van der Waals surface area contributed by atoms with E-state index in [4.69, 9.17) is 21.1 Å². The number of sulfonamides is 1. The fraction of sp³-hybridized carbons (Fsp3) is 0.381. The highest BCUT2D eigenvalue weighted by atomic mass is 35.5. The van der Waals surface area contributed by atoms with Crippen LogP contribution in [0.2, 0.25) is 5.02 Å². The third-order valence-corrected chi connectivity index (χ3v) is 6.08. The highest BCUT2D eigenvalue weighted by Crippen LogP contribution is 2.34. The maximum Gasteiger partial charge on any atom is 0.243 e. The number of hydrogen-bond donors (Lipinski definition) is 1. The van der Waals surface area contributed by atoms with Crippen molar-refractivity contribution in [1.82, 2.24) is 5.32 Å². The van der Waals surface area contributed by atoms with Crippen molar-refractivity contribution in [3.05, 3.63) is 52.5 Å². The van der Waals surface area contributed by atoms with Crippen molar-refractivity contribution in [1.29, 1.82) is 0 Å². The molecule has 0 saturated carbocycles. The minimum Gasteiger partial charge on any atom is -0.495 e. The minimum absolute atomic E-state index is 0.196. The molecule has 0 aliphatic rings. The lowest BCUT2D eigenvalue weighted by Crippen LogP contribution is -2.48. The Hall–Kier alpha value is -2.45. The molecule has 2 aromatic carbocycles. The number of aryl methyl sites for hydroxylation is 2. The molecule has 0 aliphatic carbocycles. The SMILES string of the molecule is COc1ccc(Cl)cc1N([C@@H](C)C(=O)NCCOc1ccc(C)c(C)c1)S(C)(=O)=O. The first kappa shape index (κ1) is 23.8. The zero-order valence-electron chi connectivity index (χ0n) is 17.7. The molecule has 0 spiro atoms. The van der Waals surface area contributed by atoms with Crippen LogP contribution in [0, 0.1) is 13.8 Å². The van der Waals surface area contributed by atoms with Crippen LogP contribution in [0.4, 0.5) is 5.69 Å². The molecule has 0 aromatic heterocycles. The van der Waals surface area contributed by atoms with E-state index in [1.807, 2.05) is 32.0 Å². The van der Waals surface area contributed by atoms with Crippen molar-refractivity contribution >= 4 is 33.2 Å². The lowest BCUT2D eigenvalue weighted by Gasteiger charge is -2.29. The fourth-order valence-corrected chi connectivity index (χ4v) is 4.25. The number of carbonyl (C=O) groups excluding carboxylic acids is 1. The van der Waals surface area contributed by atoms with E-state index in [0.717, 1.165) is 16.1 Å². The monoisotopic (exact) mass is 454 g/mol. The lowest BCUT2D eigenvalue weighted by molar-refractivity contribution is -0.121. The Morgan fingerprint density at radius 1 is 1.17 bits per heavy atom. The second kappa shape index (κ2) is 10.0. The van der Waals surface area contributed by atoms with Gasteiger partial charge in [-0.05, 0) is 62.2 Å². The topological polar surface area (TPSA) is 84.9 Å². The van der Waals surface area contributed by atoms with E-state index in [0.29, 0.717) is 16.5 Å². The summed E-state index contributed by atoms with van der Waals surface area (Å²) in [6, 6.07) is 9.33. The van der Waals surface area contributed by atoms with Crippen LogP contribution in [0.25, 0.3) is 0 Å². The van der Waals surface area contributed by atoms with Gasteiger partial charge in [-0.3, -0.25) is 9.10 Å². The van der Waals surface area contributed by atoms with E-state index in [1.165, 1.54) is 25.7 Å². The van der Waals surface area contributed by atoms with Crippen LogP contribution in [0.1, 0.15) is 18.1 Å². The zero-order valence-corrected chi connectivity index (χ0v) is 19.3. The number of benzene rings is 2. The van der Waals surface area contributed by atoms with E-state index in [9.17, 15) is 13.2 Å². The van der Waals surface area contributed by atoms with Crippen molar-refractivity contribution in [2.24, 2.45) is 0 Å². The molecule has 0 aliphatic heterocycles. The molecule has 2 aromatic rings. The first-order valence-electron chi connectivity index (χ1n) is 9.35. The van der Waals surface area contributed by atoms with Gasteiger partial charge in [0.2, 0.25) is 15.9 Å². The standard InChI is InChI=1S/C21H27ClN2O5S/c1-14-6-8-18(12-15(14)2)29-11-10-23-21(25)16(3)24(30(5,26)27)19-13-17(22)7-9-20(19)28-4/h6-9,12-13,16H,10-11H2,1-5H3,(H,23,25)/t16-/m0/s1. The second-order valence-electron chi connectivity index (χ2n) is 6.94. The molecule has 2 rings (SSSR count). The molecular formula is C21H27ClN2O5S. The van der Waals surface area contributed by atoms with E-state index < -0.39 is 22.0 Å². The van der Waals surface area contributed by atoms with E-state index in [-0.39, 0.29) is 18.8 Å². The average molecular weight is 455 g/mol. The number of hydrogen-bond acceptors (Lipinski definition) is 5. The summed E-state index contributed by atoms with van der Waals surface area (Å²) in [6.45, 7) is 5.99. The molecular weight excluding hydrogens is 428 g/mol. The van der Waals surface area contributed by atoms with Gasteiger partial charge in [0.1, 0.15) is 24.1 Å². The van der Waals surface area contributed by atoms with Gasteiger partial charge in [-0.25, -0.2) is 8.42 Å². The molecule has 9 heteroatoms. The molecule has 1 N–H and O–H groups in total. The largest absolute Gasteiger partial charge is 0.495 e. The van der Waals surface area contributed by atoms with Crippen molar-refractivity contribution in [2.45, 2.75) is 26.8 Å². The molecule has 0 radical (unpaired) electrons. The molecule has 0 heterocycles. The second-order valence-corrected chi connectivity index (χ2v) is 9.23. The van der Waals surface area contributed by atoms with Gasteiger partial charge in [-0.15, -0.1) is 0 Å². The van der Waals surface area contributed by atoms with Gasteiger partial charge < -0.3 is 14.8 Å². The maximum absolute atomic E-state index is 12.7. The lowest BCUT2D eigenvalue weighted by atomic mass is 10.1. The third-order valence-electron chi connectivity index (χ3n) is 4.62. The molecule has 0 saturated heterocycles. The predicted octanol–water partition coefficient (Wildman–Crippen LogP) is 3.32. The van der Waals surface area contributed by atoms with Crippen LogP contribution in [-0.2, 0) is 14.8 Å². The van der Waals surface area contributed by atoms with Gasteiger partial charge in [0.25, 0.3) is 0 Å². The molecule has 30 heavy (non-hydrogen) atoms. The Morgan fingerprint density at radius 3 is 2.47 bits per heavy atom. The van der Waals surface area contributed by atoms with Gasteiger partial charge in [0, 0.05) is 5.02 Å². The first-order valence-corrected chi connectivity index (χ1v) is 11.6. The number of carbonyl (C=O) groups is 1. The Bertz CT molecular complexity index is 1010. The number of anilines is 1. The Balaban J connectivity index is 2.07. The van der Waals surface area contributed by atoms with Gasteiger partial charge in [-0.1, -0.05) is 17.7 Å². The highest BCUT2D eigenvalue weighted by Gasteiger charge is 2.31. The molecule has 1 amide bonds. The molecule has 0 fully saturated rings. The number of nitrogens with one attached hydrogen (secondary N) is 1. The number of amides is 1. The summed E-state index contributed by atoms with van der Waals surface area (Å²) in [4.78, 5) is 12.7. The van der Waals surface area contributed by atoms with Gasteiger partial charge >= 0.3 is 0 Å². The summed E-state index contributed by atoms with van der Waals surface area (Å²) in [7, 11) is -2.37. The van der Waals surface area contributed by atoms with Crippen LogP contribution in [-0.4, -0.2) is 46.9 Å². The normalized spacial score (nSPS) is 12.2. The van der Waals surface area contributed by atoms with E-state index in [1.54, 1.807) is 12.1 Å². The zero-order chi connectivity index (χ0) is 22.5. The Morgan fingerprint density at radius 2 is 1.87 bits per heavy atom. The highest BCUT2D eigenvalue weighted by molar-refractivity contribution is 7.92. The molecule has 0 bridgehead atoms. The molecule has 1 atom stereocenters. The molecule has 0 unspecified atom stereocenters. The number of methoxy groups -OCH3 is 1. The average Bonchev–Trinajstić information content (AvgIpc) is 2.67. The van der Waals surface area contributed by atoms with Crippen molar-refractivity contribution in [3.63, 3.8) is 0 Å². The number of nitrogens with zero attached hydrogens (tertiary/aromatic N) is 1. The van der Waals surface area contributed by atoms with E-state index in [2.05, 4.69) is 5.32 Å². The van der Waals surface area contributed by atoms with E-state index >= 15 is 0 Å². The summed E-state index contributed by atoms with van der Waals surface area (Å²) in [6.07, 6.45) is 1.03. The summed E-state index contributed by atoms with van der Waals surface area (Å²) < 4.78 is 36.8. The van der Waals surface area contributed by atoms with Gasteiger partial charge in [-0.2, -0.15) is 0 Å². The quantitative estimate of drug-likeness (QED) is 0.587. The number of ether oxygens (including phenoxy) is 2. The van der Waals surface area contributed by atoms with Crippen LogP contribution in [0.5, 0.6) is 11.5 Å². The van der Waals surface area contributed by atoms with Crippen LogP contribution in [0.15, 0.2) is 36.4 Å². The maximum atomic E-state index is 12.7. The summed E-state index contributed by atoms with van der Waals surface area (Å²) in [5.41, 5.74) is 2.48. The summed E-state index contributed by atoms with van der Waals surface area (Å²) in [5.74, 6) is 0.538. The number of rotatable bonds is 9. The van der Waals surface area contributed by atoms with Gasteiger partial charge in [0.05, 0.1) is 25.6 Å². The van der Waals surface area contributed by atoms with Gasteiger partial charge in [0.15, 0.2) is 0 Å². The summed E-state index contributed by atoms with van der Waals surface area (Å²) in [5, 5.41) is 3.04. The van der Waals surface area contributed by atoms with Crippen LogP contribution < -0.4 is 19.1 Å². The number of halogens is 1. The van der Waals surface area contributed by atoms with Crippen LogP contribution >= 0.6 is 11.6 Å². The smallest absolute Gasteiger partial charge is 0.243 e. The van der Waals surface area contributed by atoms with Crippen LogP contribution in [0.3, 0.4) is 0 Å². The van der Waals surface area contributed by atoms with Crippen molar-refractivity contribution < 1.29 is 22.7 Å². The first-order chi connectivity index (χ1) is 14.0. The van der Waals surface area contributed by atoms with Crippen molar-refractivity contribution in [3.8, 4) is 11.5 Å². The molecule has 7 nitrogen and oxygen atoms in total. The summed E-state index contributed by atoms with van der Waals surface area (Å²) >= 11 is 6.04. The molecule has 164 valence electrons.